The number of carbonyl (C=O) groups is 1. The highest BCUT2D eigenvalue weighted by Gasteiger charge is 2.26. The number of ether oxygens (including phenoxy) is 2. The molecule has 7 nitrogen and oxygen atoms in total. The van der Waals surface area contributed by atoms with Crippen molar-refractivity contribution >= 4 is 39.0 Å². The second-order valence-corrected chi connectivity index (χ2v) is 11.0. The predicted octanol–water partition coefficient (Wildman–Crippen LogP) is 6.53. The van der Waals surface area contributed by atoms with Crippen LogP contribution in [0.5, 0.6) is 11.5 Å². The number of carbonyl (C=O) groups excluding carboxylic acids is 1. The molecule has 1 aliphatic heterocycles. The van der Waals surface area contributed by atoms with Gasteiger partial charge in [-0.3, -0.25) is 4.98 Å². The molecule has 2 aromatic carbocycles. The van der Waals surface area contributed by atoms with Gasteiger partial charge in [0.25, 0.3) is 0 Å². The van der Waals surface area contributed by atoms with E-state index in [-0.39, 0.29) is 11.8 Å². The molecule has 1 saturated heterocycles. The van der Waals surface area contributed by atoms with Crippen LogP contribution < -0.4 is 15.4 Å². The lowest BCUT2D eigenvalue weighted by atomic mass is 10.1. The van der Waals surface area contributed by atoms with Crippen LogP contribution >= 0.6 is 11.3 Å². The molecular formula is C28H29FN4O3S. The molecule has 0 spiro atoms. The van der Waals surface area contributed by atoms with Gasteiger partial charge in [0.05, 0.1) is 10.2 Å². The maximum Gasteiger partial charge on any atom is 0.410 e. The van der Waals surface area contributed by atoms with E-state index in [9.17, 15) is 9.18 Å². The van der Waals surface area contributed by atoms with Crippen LogP contribution in [0.25, 0.3) is 20.7 Å². The van der Waals surface area contributed by atoms with Crippen molar-refractivity contribution in [3.05, 3.63) is 66.6 Å². The number of thiophene rings is 1. The van der Waals surface area contributed by atoms with Crippen molar-refractivity contribution in [2.75, 3.05) is 36.8 Å². The van der Waals surface area contributed by atoms with Crippen LogP contribution in [0.4, 0.5) is 20.6 Å². The summed E-state index contributed by atoms with van der Waals surface area (Å²) in [6.45, 7) is 8.36. The lowest BCUT2D eigenvalue weighted by Crippen LogP contribution is -2.50. The summed E-state index contributed by atoms with van der Waals surface area (Å²) in [5.41, 5.74) is 8.45. The maximum absolute atomic E-state index is 14.3. The SMILES string of the molecule is CC(C)(C)OC(=O)N1CCN(c2ccc(-c3cc4nccc(Oc5ccc(N)cc5F)c4s3)cc2)CC1. The number of nitrogen functional groups attached to an aromatic ring is 1. The van der Waals surface area contributed by atoms with Gasteiger partial charge >= 0.3 is 6.09 Å². The van der Waals surface area contributed by atoms with Crippen LogP contribution in [-0.2, 0) is 4.74 Å². The minimum Gasteiger partial charge on any atom is -0.453 e. The molecule has 3 heterocycles. The third kappa shape index (κ3) is 5.61. The van der Waals surface area contributed by atoms with E-state index in [4.69, 9.17) is 15.2 Å². The number of fused-ring (bicyclic) bond motifs is 1. The Balaban J connectivity index is 1.29. The number of amides is 1. The molecule has 5 rings (SSSR count). The highest BCUT2D eigenvalue weighted by Crippen LogP contribution is 2.40. The van der Waals surface area contributed by atoms with E-state index in [0.717, 1.165) is 39.4 Å². The first-order chi connectivity index (χ1) is 17.7. The van der Waals surface area contributed by atoms with E-state index < -0.39 is 11.4 Å². The van der Waals surface area contributed by atoms with Crippen molar-refractivity contribution in [2.45, 2.75) is 26.4 Å². The molecule has 37 heavy (non-hydrogen) atoms. The van der Waals surface area contributed by atoms with Gasteiger partial charge in [-0.15, -0.1) is 11.3 Å². The summed E-state index contributed by atoms with van der Waals surface area (Å²) in [5, 5.41) is 0. The molecule has 0 aliphatic carbocycles. The second kappa shape index (κ2) is 9.89. The van der Waals surface area contributed by atoms with Crippen LogP contribution in [0.3, 0.4) is 0 Å². The number of hydrogen-bond donors (Lipinski definition) is 1. The Kier molecular flexibility index (Phi) is 6.64. The van der Waals surface area contributed by atoms with E-state index >= 15 is 0 Å². The number of rotatable bonds is 4. The van der Waals surface area contributed by atoms with E-state index in [1.807, 2.05) is 26.8 Å². The number of benzene rings is 2. The molecule has 0 bridgehead atoms. The van der Waals surface area contributed by atoms with Gasteiger partial charge < -0.3 is 25.0 Å². The van der Waals surface area contributed by atoms with Crippen molar-refractivity contribution in [1.82, 2.24) is 9.88 Å². The molecule has 0 atom stereocenters. The lowest BCUT2D eigenvalue weighted by molar-refractivity contribution is 0.0240. The Labute approximate surface area is 219 Å². The Hall–Kier alpha value is -3.85. The topological polar surface area (TPSA) is 80.9 Å². The van der Waals surface area contributed by atoms with Crippen molar-refractivity contribution in [2.24, 2.45) is 0 Å². The third-order valence-electron chi connectivity index (χ3n) is 6.00. The highest BCUT2D eigenvalue weighted by molar-refractivity contribution is 7.22. The highest BCUT2D eigenvalue weighted by atomic mass is 32.1. The molecule has 4 aromatic rings. The number of pyridine rings is 1. The van der Waals surface area contributed by atoms with E-state index in [0.29, 0.717) is 24.5 Å². The molecule has 1 fully saturated rings. The number of anilines is 2. The molecule has 9 heteroatoms. The first-order valence-corrected chi connectivity index (χ1v) is 12.9. The molecule has 2 N–H and O–H groups in total. The van der Waals surface area contributed by atoms with Crippen LogP contribution in [-0.4, -0.2) is 47.8 Å². The fourth-order valence-electron chi connectivity index (χ4n) is 4.17. The quantitative estimate of drug-likeness (QED) is 0.308. The number of hydrogen-bond acceptors (Lipinski definition) is 7. The number of nitrogens with two attached hydrogens (primary N) is 1. The van der Waals surface area contributed by atoms with Crippen LogP contribution in [0, 0.1) is 5.82 Å². The summed E-state index contributed by atoms with van der Waals surface area (Å²) in [4.78, 5) is 21.9. The number of nitrogens with zero attached hydrogens (tertiary/aromatic N) is 3. The van der Waals surface area contributed by atoms with Crippen molar-refractivity contribution in [3.63, 3.8) is 0 Å². The Bertz CT molecular complexity index is 1420. The van der Waals surface area contributed by atoms with Gasteiger partial charge in [0, 0.05) is 60.8 Å². The van der Waals surface area contributed by atoms with E-state index in [1.165, 1.54) is 12.1 Å². The Morgan fingerprint density at radius 1 is 1.00 bits per heavy atom. The summed E-state index contributed by atoms with van der Waals surface area (Å²) in [6, 6.07) is 16.5. The maximum atomic E-state index is 14.3. The fraction of sp³-hybridized carbons (Fsp3) is 0.286. The van der Waals surface area contributed by atoms with Gasteiger partial charge in [0.2, 0.25) is 0 Å². The monoisotopic (exact) mass is 520 g/mol. The van der Waals surface area contributed by atoms with Gasteiger partial charge in [0.1, 0.15) is 11.4 Å². The molecule has 1 aliphatic rings. The average molecular weight is 521 g/mol. The van der Waals surface area contributed by atoms with Crippen molar-refractivity contribution in [3.8, 4) is 21.9 Å². The van der Waals surface area contributed by atoms with Gasteiger partial charge in [0.15, 0.2) is 11.6 Å². The van der Waals surface area contributed by atoms with Crippen LogP contribution in [0.2, 0.25) is 0 Å². The Morgan fingerprint density at radius 3 is 2.41 bits per heavy atom. The summed E-state index contributed by atoms with van der Waals surface area (Å²) in [5.74, 6) is 0.154. The number of piperazine rings is 1. The minimum absolute atomic E-state index is 0.118. The lowest BCUT2D eigenvalue weighted by Gasteiger charge is -2.36. The first-order valence-electron chi connectivity index (χ1n) is 12.1. The molecule has 192 valence electrons. The van der Waals surface area contributed by atoms with Crippen LogP contribution in [0.1, 0.15) is 20.8 Å². The van der Waals surface area contributed by atoms with Crippen molar-refractivity contribution < 1.29 is 18.7 Å². The summed E-state index contributed by atoms with van der Waals surface area (Å²) < 4.78 is 26.5. The molecule has 0 unspecified atom stereocenters. The average Bonchev–Trinajstić information content (AvgIpc) is 3.30. The summed E-state index contributed by atoms with van der Waals surface area (Å²) in [7, 11) is 0. The number of aromatic nitrogens is 1. The largest absolute Gasteiger partial charge is 0.453 e. The second-order valence-electron chi connectivity index (χ2n) is 9.93. The van der Waals surface area contributed by atoms with Gasteiger partial charge in [-0.05, 0) is 56.7 Å². The molecule has 1 amide bonds. The van der Waals surface area contributed by atoms with Crippen LogP contribution in [0.15, 0.2) is 60.8 Å². The van der Waals surface area contributed by atoms with Crippen molar-refractivity contribution in [1.29, 1.82) is 0 Å². The van der Waals surface area contributed by atoms with Gasteiger partial charge in [-0.1, -0.05) is 12.1 Å². The molecular weight excluding hydrogens is 491 g/mol. The zero-order valence-corrected chi connectivity index (χ0v) is 21.8. The standard InChI is InChI=1S/C28H29FN4O3S/c1-28(2,3)36-27(34)33-14-12-32(13-15-33)20-7-4-18(5-8-20)25-17-22-26(37-25)24(10-11-31-22)35-23-9-6-19(30)16-21(23)29/h4-11,16-17H,12-15,30H2,1-3H3. The van der Waals surface area contributed by atoms with E-state index in [2.05, 4.69) is 34.1 Å². The first kappa shape index (κ1) is 24.8. The van der Waals surface area contributed by atoms with Gasteiger partial charge in [-0.2, -0.15) is 0 Å². The normalized spacial score (nSPS) is 14.2. The number of halogens is 1. The zero-order valence-electron chi connectivity index (χ0n) is 21.0. The molecule has 2 aromatic heterocycles. The van der Waals surface area contributed by atoms with E-state index in [1.54, 1.807) is 34.6 Å². The minimum atomic E-state index is -0.510. The summed E-state index contributed by atoms with van der Waals surface area (Å²) in [6.07, 6.45) is 1.40. The van der Waals surface area contributed by atoms with Gasteiger partial charge in [-0.25, -0.2) is 9.18 Å². The Morgan fingerprint density at radius 2 is 1.73 bits per heavy atom. The predicted molar refractivity (Wildman–Crippen MR) is 146 cm³/mol. The molecule has 0 radical (unpaired) electrons. The third-order valence-corrected chi connectivity index (χ3v) is 7.19. The molecule has 0 saturated carbocycles. The fourth-order valence-corrected chi connectivity index (χ4v) is 5.24. The zero-order chi connectivity index (χ0) is 26.2. The summed E-state index contributed by atoms with van der Waals surface area (Å²) >= 11 is 1.55. The smallest absolute Gasteiger partial charge is 0.410 e.